The van der Waals surface area contributed by atoms with E-state index < -0.39 is 30.6 Å². The van der Waals surface area contributed by atoms with Gasteiger partial charge in [-0.25, -0.2) is 5.14 Å². The number of carbonyl (C=O) groups is 1. The number of nitrogens with two attached hydrogens (primary N) is 1. The molecule has 23 heteroatoms. The van der Waals surface area contributed by atoms with Crippen molar-refractivity contribution in [2.24, 2.45) is 5.14 Å². The van der Waals surface area contributed by atoms with Gasteiger partial charge in [-0.2, -0.15) is 47.2 Å². The second-order valence-corrected chi connectivity index (χ2v) is 29.2. The Morgan fingerprint density at radius 1 is 0.527 bits per heavy atom. The predicted octanol–water partition coefficient (Wildman–Crippen LogP) is 10.8. The molecule has 4 aromatic heterocycles. The van der Waals surface area contributed by atoms with Gasteiger partial charge in [0, 0.05) is 160 Å². The lowest BCUT2D eigenvalue weighted by Gasteiger charge is -2.34. The topological polar surface area (TPSA) is 255 Å². The number of H-pyrrole nitrogens is 4. The van der Waals surface area contributed by atoms with Crippen LogP contribution in [0.25, 0.3) is 43.6 Å². The fraction of sp³-hybridized carbons (Fsp3) is 0.426. The summed E-state index contributed by atoms with van der Waals surface area (Å²) in [6.45, 7) is 12.8. The lowest BCUT2D eigenvalue weighted by atomic mass is 9.89. The molecule has 0 spiro atoms. The summed E-state index contributed by atoms with van der Waals surface area (Å²) in [7, 11) is -8.67. The number of piperidine rings is 4. The van der Waals surface area contributed by atoms with E-state index in [1.807, 2.05) is 79.5 Å². The Morgan fingerprint density at radius 2 is 0.923 bits per heavy atom. The van der Waals surface area contributed by atoms with Gasteiger partial charge in [0.05, 0.1) is 6.61 Å². The van der Waals surface area contributed by atoms with Crippen LogP contribution in [-0.2, 0) is 46.8 Å². The van der Waals surface area contributed by atoms with Crippen LogP contribution >= 0.6 is 0 Å². The Labute approximate surface area is 536 Å². The summed E-state index contributed by atoms with van der Waals surface area (Å²) in [5, 5.41) is 10.2. The van der Waals surface area contributed by atoms with Crippen molar-refractivity contribution in [2.75, 3.05) is 85.7 Å². The van der Waals surface area contributed by atoms with Crippen LogP contribution in [0.15, 0.2) is 146 Å². The zero-order valence-corrected chi connectivity index (χ0v) is 55.2. The molecule has 0 aliphatic carbocycles. The summed E-state index contributed by atoms with van der Waals surface area (Å²) in [5.74, 6) is 2.79. The number of fused-ring (bicyclic) bond motifs is 4. The standard InChI is InChI=1S/C22H24N2O2.C17H25N3O2S.C16H23N3O3S.C13H17N3O2S/c1-16(25)24-11-9-18(10-12-24)21-14-23-22-13-19(7-8-20(21)22)26-15-17-5-3-2-4-6-17;1-3-19(4-2)23(21,22)20-11-9-14(10-12-20)16-13-18-17-8-6-5-7-15(16)17;1-22-11-8-18-23(20,21)19-9-6-13(7-10-19)15-12-17-16-5-3-2-4-14(15)16;14-19(17,18)16-7-5-10(6-8-16)12-9-15-13-4-2-1-3-11(12)13/h2-8,13-14,18,23H,9-12,15H2,1H3;5-8,13-14,18H,3-4,9-12H2,1-2H3;2-5,12-13,17-18H,6-11H2,1H3;1-4,9-10,15H,5-8H2,(H2,14,17,18). The van der Waals surface area contributed by atoms with E-state index in [4.69, 9.17) is 14.6 Å². The third-order valence-electron chi connectivity index (χ3n) is 18.5. The first-order valence-electron chi connectivity index (χ1n) is 31.9. The Hall–Kier alpha value is -6.90. The second kappa shape index (κ2) is 30.7. The van der Waals surface area contributed by atoms with Gasteiger partial charge in [0.1, 0.15) is 12.4 Å². The quantitative estimate of drug-likeness (QED) is 0.0473. The number of hydrogen-bond donors (Lipinski definition) is 6. The van der Waals surface area contributed by atoms with Crippen LogP contribution in [0.4, 0.5) is 0 Å². The van der Waals surface area contributed by atoms with Gasteiger partial charge in [-0.3, -0.25) is 4.79 Å². The molecule has 0 unspecified atom stereocenters. The number of nitrogens with zero attached hydrogens (tertiary/aromatic N) is 5. The van der Waals surface area contributed by atoms with Gasteiger partial charge in [0.25, 0.3) is 30.6 Å². The number of ether oxygens (including phenoxy) is 2. The van der Waals surface area contributed by atoms with Crippen LogP contribution in [0.5, 0.6) is 5.75 Å². The molecule has 0 radical (unpaired) electrons. The number of likely N-dealkylation sites (tertiary alicyclic amines) is 1. The van der Waals surface area contributed by atoms with E-state index in [0.29, 0.717) is 95.8 Å². The number of benzene rings is 5. The second-order valence-electron chi connectivity index (χ2n) is 23.9. The minimum absolute atomic E-state index is 0.183. The lowest BCUT2D eigenvalue weighted by Crippen LogP contribution is -2.46. The number of aromatic nitrogens is 4. The average Bonchev–Trinajstić information content (AvgIpc) is 2.00. The predicted molar refractivity (Wildman–Crippen MR) is 363 cm³/mol. The zero-order valence-electron chi connectivity index (χ0n) is 52.7. The molecule has 4 saturated heterocycles. The number of hydrogen-bond acceptors (Lipinski definition) is 9. The largest absolute Gasteiger partial charge is 0.489 e. The molecule has 488 valence electrons. The van der Waals surface area contributed by atoms with E-state index in [2.05, 4.69) is 110 Å². The van der Waals surface area contributed by atoms with Crippen LogP contribution in [-0.4, -0.2) is 159 Å². The number of aromatic amines is 4. The van der Waals surface area contributed by atoms with Gasteiger partial charge in [0.15, 0.2) is 0 Å². The molecule has 0 atom stereocenters. The van der Waals surface area contributed by atoms with Crippen molar-refractivity contribution in [3.8, 4) is 5.75 Å². The molecule has 20 nitrogen and oxygen atoms in total. The molecule has 13 rings (SSSR count). The molecule has 4 aliphatic heterocycles. The highest BCUT2D eigenvalue weighted by molar-refractivity contribution is 7.87. The van der Waals surface area contributed by atoms with E-state index in [-0.39, 0.29) is 5.91 Å². The highest BCUT2D eigenvalue weighted by Gasteiger charge is 2.34. The van der Waals surface area contributed by atoms with Gasteiger partial charge in [-0.15, -0.1) is 0 Å². The SMILES string of the molecule is CC(=O)N1CCC(c2c[nH]c3cc(OCc4ccccc4)ccc23)CC1.CCN(CC)S(=O)(=O)N1CCC(c2c[nH]c3ccccc23)CC1.COCCNS(=O)(=O)N1CCC(c2c[nH]c3ccccc23)CC1.NS(=O)(=O)N1CCC(c2c[nH]c3ccccc23)CC1. The maximum absolute atomic E-state index is 12.6. The first-order valence-corrected chi connectivity index (χ1v) is 36.3. The Balaban J connectivity index is 0.000000134. The van der Waals surface area contributed by atoms with Gasteiger partial charge in [-0.05, 0) is 133 Å². The summed E-state index contributed by atoms with van der Waals surface area (Å²) < 4.78 is 91.7. The molecule has 1 amide bonds. The fourth-order valence-corrected chi connectivity index (χ4v) is 17.0. The molecular formula is C68H89N11O9S3. The minimum Gasteiger partial charge on any atom is -0.489 e. The van der Waals surface area contributed by atoms with Crippen molar-refractivity contribution in [3.05, 3.63) is 174 Å². The number of nitrogens with one attached hydrogen (secondary N) is 5. The number of rotatable bonds is 17. The fourth-order valence-electron chi connectivity index (χ4n) is 13.4. The van der Waals surface area contributed by atoms with Crippen molar-refractivity contribution < 1.29 is 39.5 Å². The highest BCUT2D eigenvalue weighted by Crippen LogP contribution is 2.38. The van der Waals surface area contributed by atoms with E-state index in [0.717, 1.165) is 97.8 Å². The molecular weight excluding hydrogens is 1210 g/mol. The zero-order chi connectivity index (χ0) is 64.1. The molecule has 91 heavy (non-hydrogen) atoms. The Bertz CT molecular complexity index is 4150. The molecule has 0 bridgehead atoms. The van der Waals surface area contributed by atoms with Crippen LogP contribution in [0.3, 0.4) is 0 Å². The van der Waals surface area contributed by atoms with Crippen LogP contribution in [0.2, 0.25) is 0 Å². The van der Waals surface area contributed by atoms with Gasteiger partial charge < -0.3 is 34.3 Å². The molecule has 9 aromatic rings. The van der Waals surface area contributed by atoms with Crippen LogP contribution in [0, 0.1) is 0 Å². The van der Waals surface area contributed by atoms with Gasteiger partial charge in [0.2, 0.25) is 5.91 Å². The van der Waals surface area contributed by atoms with Gasteiger partial charge >= 0.3 is 0 Å². The molecule has 5 aromatic carbocycles. The Kier molecular flexibility index (Phi) is 22.6. The van der Waals surface area contributed by atoms with Crippen molar-refractivity contribution in [3.63, 3.8) is 0 Å². The number of amides is 1. The summed E-state index contributed by atoms with van der Waals surface area (Å²) in [6.07, 6.45) is 15.4. The van der Waals surface area contributed by atoms with E-state index in [1.165, 1.54) is 52.4 Å². The first kappa shape index (κ1) is 67.0. The van der Waals surface area contributed by atoms with Crippen molar-refractivity contribution >= 4 is 80.1 Å². The molecule has 8 heterocycles. The van der Waals surface area contributed by atoms with Crippen LogP contribution in [0.1, 0.15) is 124 Å². The summed E-state index contributed by atoms with van der Waals surface area (Å²) >= 11 is 0. The third-order valence-corrected chi connectivity index (χ3v) is 23.4. The van der Waals surface area contributed by atoms with E-state index >= 15 is 0 Å². The maximum atomic E-state index is 12.6. The number of carbonyl (C=O) groups excluding carboxylic acids is 1. The van der Waals surface area contributed by atoms with E-state index in [9.17, 15) is 30.0 Å². The smallest absolute Gasteiger partial charge is 0.281 e. The molecule has 7 N–H and O–H groups in total. The summed E-state index contributed by atoms with van der Waals surface area (Å²) in [5.41, 5.74) is 11.0. The van der Waals surface area contributed by atoms with Crippen molar-refractivity contribution in [2.45, 2.75) is 102 Å². The maximum Gasteiger partial charge on any atom is 0.281 e. The first-order chi connectivity index (χ1) is 43.9. The number of para-hydroxylation sites is 3. The van der Waals surface area contributed by atoms with Crippen molar-refractivity contribution in [1.82, 2.24) is 46.8 Å². The van der Waals surface area contributed by atoms with E-state index in [1.54, 1.807) is 22.6 Å². The molecule has 0 saturated carbocycles. The minimum atomic E-state index is -3.54. The normalized spacial score (nSPS) is 17.4. The average molecular weight is 1300 g/mol. The summed E-state index contributed by atoms with van der Waals surface area (Å²) in [4.78, 5) is 26.8. The molecule has 4 fully saturated rings. The lowest BCUT2D eigenvalue weighted by molar-refractivity contribution is -0.129. The summed E-state index contributed by atoms with van der Waals surface area (Å²) in [6, 6.07) is 41.2. The molecule has 4 aliphatic rings. The van der Waals surface area contributed by atoms with Crippen LogP contribution < -0.4 is 14.6 Å². The third kappa shape index (κ3) is 16.5. The monoisotopic (exact) mass is 1300 g/mol. The Morgan fingerprint density at radius 3 is 1.35 bits per heavy atom. The highest BCUT2D eigenvalue weighted by atomic mass is 32.2. The number of methoxy groups -OCH3 is 1. The van der Waals surface area contributed by atoms with Crippen molar-refractivity contribution in [1.29, 1.82) is 0 Å². The van der Waals surface area contributed by atoms with Gasteiger partial charge in [-0.1, -0.05) is 98.8 Å².